The smallest absolute Gasteiger partial charge is 0.308 e. The molecule has 0 spiro atoms. The lowest BCUT2D eigenvalue weighted by Crippen LogP contribution is -2.09. The van der Waals surface area contributed by atoms with E-state index in [2.05, 4.69) is 31.2 Å². The maximum absolute atomic E-state index is 11.7. The van der Waals surface area contributed by atoms with Gasteiger partial charge in [0.05, 0.1) is 33.4 Å². The molecule has 1 aromatic rings. The molecular weight excluding hydrogens is 364 g/mol. The van der Waals surface area contributed by atoms with Crippen molar-refractivity contribution in [2.45, 2.75) is 71.3 Å². The summed E-state index contributed by atoms with van der Waals surface area (Å²) in [6.45, 7) is 3.58. The molecule has 0 bridgehead atoms. The molecular formula is C25H38O4. The highest BCUT2D eigenvalue weighted by Crippen LogP contribution is 2.12. The summed E-state index contributed by atoms with van der Waals surface area (Å²) in [7, 11) is 1.64. The van der Waals surface area contributed by atoms with Crippen molar-refractivity contribution in [1.82, 2.24) is 0 Å². The highest BCUT2D eigenvalue weighted by Gasteiger charge is 2.03. The van der Waals surface area contributed by atoms with Gasteiger partial charge in [-0.15, -0.1) is 0 Å². The van der Waals surface area contributed by atoms with Crippen LogP contribution in [0.4, 0.5) is 0 Å². The van der Waals surface area contributed by atoms with Gasteiger partial charge in [0.1, 0.15) is 5.75 Å². The summed E-state index contributed by atoms with van der Waals surface area (Å²) < 4.78 is 15.9. The molecule has 0 radical (unpaired) electrons. The number of carbonyl (C=O) groups excluding carboxylic acids is 1. The first-order chi connectivity index (χ1) is 14.3. The number of hydrogen-bond acceptors (Lipinski definition) is 4. The van der Waals surface area contributed by atoms with Crippen molar-refractivity contribution in [3.8, 4) is 5.75 Å². The van der Waals surface area contributed by atoms with Crippen LogP contribution in [0, 0.1) is 0 Å². The number of rotatable bonds is 17. The lowest BCUT2D eigenvalue weighted by Gasteiger charge is -2.06. The third kappa shape index (κ3) is 14.6. The van der Waals surface area contributed by atoms with Crippen molar-refractivity contribution < 1.29 is 19.0 Å². The minimum Gasteiger partial charge on any atom is -0.497 e. The van der Waals surface area contributed by atoms with Crippen LogP contribution in [0.15, 0.2) is 48.6 Å². The summed E-state index contributed by atoms with van der Waals surface area (Å²) in [5.74, 6) is 0.631. The highest BCUT2D eigenvalue weighted by molar-refractivity contribution is 5.69. The Labute approximate surface area is 176 Å². The quantitative estimate of drug-likeness (QED) is 0.172. The molecule has 0 fully saturated rings. The molecule has 1 aromatic carbocycles. The number of benzene rings is 1. The molecule has 0 saturated heterocycles. The van der Waals surface area contributed by atoms with Crippen LogP contribution < -0.4 is 4.74 Å². The fourth-order valence-corrected chi connectivity index (χ4v) is 2.71. The van der Waals surface area contributed by atoms with Gasteiger partial charge in [0.2, 0.25) is 0 Å². The van der Waals surface area contributed by atoms with Crippen LogP contribution in [0.1, 0.15) is 70.3 Å². The zero-order valence-electron chi connectivity index (χ0n) is 18.2. The summed E-state index contributed by atoms with van der Waals surface area (Å²) in [5, 5.41) is 0. The third-order valence-electron chi connectivity index (χ3n) is 4.49. The number of methoxy groups -OCH3 is 1. The summed E-state index contributed by atoms with van der Waals surface area (Å²) in [6, 6.07) is 7.70. The number of allylic oxidation sites excluding steroid dienone is 4. The zero-order chi connectivity index (χ0) is 21.0. The van der Waals surface area contributed by atoms with E-state index in [1.807, 2.05) is 24.3 Å². The molecule has 162 valence electrons. The van der Waals surface area contributed by atoms with Crippen LogP contribution in [0.2, 0.25) is 0 Å². The third-order valence-corrected chi connectivity index (χ3v) is 4.49. The SMILES string of the molecule is CCCCC/C=C\C/C=C\CCCCOC(=O)CCOCc1ccc(OC)cc1. The van der Waals surface area contributed by atoms with Gasteiger partial charge in [-0.2, -0.15) is 0 Å². The van der Waals surface area contributed by atoms with E-state index in [4.69, 9.17) is 14.2 Å². The average Bonchev–Trinajstić information content (AvgIpc) is 2.75. The van der Waals surface area contributed by atoms with Crippen molar-refractivity contribution >= 4 is 5.97 Å². The Bertz CT molecular complexity index is 575. The van der Waals surface area contributed by atoms with Gasteiger partial charge in [0.15, 0.2) is 0 Å². The zero-order valence-corrected chi connectivity index (χ0v) is 18.2. The van der Waals surface area contributed by atoms with Gasteiger partial charge in [-0.05, 0) is 56.2 Å². The van der Waals surface area contributed by atoms with E-state index in [9.17, 15) is 4.79 Å². The number of ether oxygens (including phenoxy) is 3. The van der Waals surface area contributed by atoms with Crippen molar-refractivity contribution in [2.24, 2.45) is 0 Å². The minimum atomic E-state index is -0.191. The number of esters is 1. The molecule has 0 saturated carbocycles. The maximum Gasteiger partial charge on any atom is 0.308 e. The predicted octanol–water partition coefficient (Wildman–Crippen LogP) is 6.40. The number of carbonyl (C=O) groups is 1. The van der Waals surface area contributed by atoms with E-state index in [1.165, 1.54) is 25.7 Å². The van der Waals surface area contributed by atoms with Crippen molar-refractivity contribution in [2.75, 3.05) is 20.3 Å². The molecule has 0 aromatic heterocycles. The van der Waals surface area contributed by atoms with Gasteiger partial charge in [0.25, 0.3) is 0 Å². The Morgan fingerprint density at radius 2 is 1.59 bits per heavy atom. The predicted molar refractivity (Wildman–Crippen MR) is 119 cm³/mol. The van der Waals surface area contributed by atoms with E-state index < -0.39 is 0 Å². The fraction of sp³-hybridized carbons (Fsp3) is 0.560. The van der Waals surface area contributed by atoms with Gasteiger partial charge < -0.3 is 14.2 Å². The molecule has 0 aliphatic carbocycles. The van der Waals surface area contributed by atoms with E-state index >= 15 is 0 Å². The van der Waals surface area contributed by atoms with Crippen molar-refractivity contribution in [3.63, 3.8) is 0 Å². The second-order valence-electron chi connectivity index (χ2n) is 7.04. The van der Waals surface area contributed by atoms with Crippen LogP contribution in [0.3, 0.4) is 0 Å². The van der Waals surface area contributed by atoms with Crippen molar-refractivity contribution in [1.29, 1.82) is 0 Å². The molecule has 0 heterocycles. The molecule has 4 nitrogen and oxygen atoms in total. The molecule has 0 amide bonds. The maximum atomic E-state index is 11.7. The molecule has 29 heavy (non-hydrogen) atoms. The minimum absolute atomic E-state index is 0.191. The lowest BCUT2D eigenvalue weighted by atomic mass is 10.2. The topological polar surface area (TPSA) is 44.8 Å². The first-order valence-electron chi connectivity index (χ1n) is 10.9. The Morgan fingerprint density at radius 3 is 2.24 bits per heavy atom. The monoisotopic (exact) mass is 402 g/mol. The number of unbranched alkanes of at least 4 members (excludes halogenated alkanes) is 5. The molecule has 0 atom stereocenters. The molecule has 4 heteroatoms. The largest absolute Gasteiger partial charge is 0.497 e. The Morgan fingerprint density at radius 1 is 0.897 bits per heavy atom. The van der Waals surface area contributed by atoms with Crippen LogP contribution in [-0.4, -0.2) is 26.3 Å². The second kappa shape index (κ2) is 18.0. The summed E-state index contributed by atoms with van der Waals surface area (Å²) in [6.07, 6.45) is 18.3. The van der Waals surface area contributed by atoms with Crippen LogP contribution in [-0.2, 0) is 20.9 Å². The average molecular weight is 403 g/mol. The van der Waals surface area contributed by atoms with Gasteiger partial charge in [0, 0.05) is 0 Å². The van der Waals surface area contributed by atoms with Crippen molar-refractivity contribution in [3.05, 3.63) is 54.1 Å². The fourth-order valence-electron chi connectivity index (χ4n) is 2.71. The molecule has 0 aliphatic heterocycles. The Kier molecular flexibility index (Phi) is 15.5. The highest BCUT2D eigenvalue weighted by atomic mass is 16.5. The summed E-state index contributed by atoms with van der Waals surface area (Å²) in [5.41, 5.74) is 1.05. The Hall–Kier alpha value is -2.07. The van der Waals surface area contributed by atoms with Gasteiger partial charge in [-0.3, -0.25) is 4.79 Å². The summed E-state index contributed by atoms with van der Waals surface area (Å²) >= 11 is 0. The molecule has 0 N–H and O–H groups in total. The van der Waals surface area contributed by atoms with E-state index in [-0.39, 0.29) is 5.97 Å². The number of hydrogen-bond donors (Lipinski definition) is 0. The normalized spacial score (nSPS) is 11.4. The molecule has 0 unspecified atom stereocenters. The van der Waals surface area contributed by atoms with Crippen LogP contribution >= 0.6 is 0 Å². The lowest BCUT2D eigenvalue weighted by molar-refractivity contribution is -0.145. The van der Waals surface area contributed by atoms with Crippen LogP contribution in [0.25, 0.3) is 0 Å². The van der Waals surface area contributed by atoms with Crippen LogP contribution in [0.5, 0.6) is 5.75 Å². The van der Waals surface area contributed by atoms with E-state index in [0.29, 0.717) is 26.2 Å². The first-order valence-corrected chi connectivity index (χ1v) is 10.9. The van der Waals surface area contributed by atoms with E-state index in [0.717, 1.165) is 37.0 Å². The first kappa shape index (κ1) is 25.0. The standard InChI is InChI=1S/C25H38O4/c1-3-4-5-6-7-8-9-10-11-12-13-14-20-29-25(26)19-21-28-22-23-15-17-24(27-2)18-16-23/h7-8,10-11,15-18H,3-6,9,12-14,19-22H2,1-2H3/b8-7-,11-10-. The molecule has 0 aliphatic rings. The van der Waals surface area contributed by atoms with E-state index in [1.54, 1.807) is 7.11 Å². The van der Waals surface area contributed by atoms with Gasteiger partial charge in [-0.25, -0.2) is 0 Å². The molecule has 1 rings (SSSR count). The summed E-state index contributed by atoms with van der Waals surface area (Å²) in [4.78, 5) is 11.7. The Balaban J connectivity index is 1.91. The van der Waals surface area contributed by atoms with Gasteiger partial charge >= 0.3 is 5.97 Å². The van der Waals surface area contributed by atoms with Gasteiger partial charge in [-0.1, -0.05) is 56.2 Å². The second-order valence-corrected chi connectivity index (χ2v) is 7.04.